The molecule has 0 saturated heterocycles. The van der Waals surface area contributed by atoms with Crippen molar-refractivity contribution in [1.82, 2.24) is 4.98 Å². The van der Waals surface area contributed by atoms with Gasteiger partial charge >= 0.3 is 0 Å². The predicted molar refractivity (Wildman–Crippen MR) is 49.6 cm³/mol. The molecular weight excluding hydrogens is 237 g/mol. The zero-order valence-electron chi connectivity index (χ0n) is 6.87. The summed E-state index contributed by atoms with van der Waals surface area (Å²) in [6, 6.07) is 1.33. The number of aromatic nitrogens is 1. The fourth-order valence-electron chi connectivity index (χ4n) is 1.31. The quantitative estimate of drug-likeness (QED) is 0.813. The van der Waals surface area contributed by atoms with E-state index in [1.165, 1.54) is 6.07 Å². The number of hydrogen-bond acceptors (Lipinski definition) is 2. The molecule has 0 aromatic carbocycles. The van der Waals surface area contributed by atoms with Crippen molar-refractivity contribution in [3.8, 4) is 0 Å². The molecule has 1 aliphatic rings. The maximum Gasteiger partial charge on any atom is 0.141 e. The molecule has 1 aromatic rings. The van der Waals surface area contributed by atoms with Gasteiger partial charge in [-0.3, -0.25) is 0 Å². The molecule has 70 valence electrons. The minimum atomic E-state index is -0.572. The smallest absolute Gasteiger partial charge is 0.141 e. The molecule has 1 atom stereocenters. The largest absolute Gasteiger partial charge is 0.388 e. The Morgan fingerprint density at radius 1 is 1.62 bits per heavy atom. The molecule has 2 rings (SSSR count). The van der Waals surface area contributed by atoms with E-state index in [1.54, 1.807) is 0 Å². The van der Waals surface area contributed by atoms with Crippen LogP contribution >= 0.6 is 15.9 Å². The molecule has 1 heterocycles. The SMILES string of the molecule is OC(c1cc(F)cnc1Br)C1CC1. The lowest BCUT2D eigenvalue weighted by Crippen LogP contribution is -2.02. The molecule has 0 radical (unpaired) electrons. The van der Waals surface area contributed by atoms with E-state index in [0.717, 1.165) is 19.0 Å². The monoisotopic (exact) mass is 245 g/mol. The Hall–Kier alpha value is -0.480. The van der Waals surface area contributed by atoms with Crippen LogP contribution in [-0.2, 0) is 0 Å². The summed E-state index contributed by atoms with van der Waals surface area (Å²) in [7, 11) is 0. The Kier molecular flexibility index (Phi) is 2.34. The second kappa shape index (κ2) is 3.35. The van der Waals surface area contributed by atoms with Crippen LogP contribution in [0.5, 0.6) is 0 Å². The van der Waals surface area contributed by atoms with Crippen molar-refractivity contribution in [3.63, 3.8) is 0 Å². The van der Waals surface area contributed by atoms with Crippen molar-refractivity contribution in [2.24, 2.45) is 5.92 Å². The highest BCUT2D eigenvalue weighted by molar-refractivity contribution is 9.10. The summed E-state index contributed by atoms with van der Waals surface area (Å²) in [6.45, 7) is 0. The van der Waals surface area contributed by atoms with Crippen LogP contribution in [0, 0.1) is 11.7 Å². The number of rotatable bonds is 2. The summed E-state index contributed by atoms with van der Waals surface area (Å²) in [5.74, 6) is -0.113. The van der Waals surface area contributed by atoms with Crippen LogP contribution < -0.4 is 0 Å². The molecule has 1 aliphatic carbocycles. The summed E-state index contributed by atoms with van der Waals surface area (Å²) in [4.78, 5) is 3.79. The Morgan fingerprint density at radius 3 is 2.92 bits per heavy atom. The summed E-state index contributed by atoms with van der Waals surface area (Å²) in [6.07, 6.45) is 2.60. The van der Waals surface area contributed by atoms with E-state index in [1.807, 2.05) is 0 Å². The highest BCUT2D eigenvalue weighted by Gasteiger charge is 2.32. The van der Waals surface area contributed by atoms with Gasteiger partial charge < -0.3 is 5.11 Å². The highest BCUT2D eigenvalue weighted by Crippen LogP contribution is 2.42. The van der Waals surface area contributed by atoms with Gasteiger partial charge in [-0.25, -0.2) is 9.37 Å². The molecule has 0 amide bonds. The maximum absolute atomic E-state index is 12.8. The molecule has 4 heteroatoms. The minimum Gasteiger partial charge on any atom is -0.388 e. The van der Waals surface area contributed by atoms with Gasteiger partial charge in [-0.15, -0.1) is 0 Å². The van der Waals surface area contributed by atoms with E-state index in [0.29, 0.717) is 16.1 Å². The first-order valence-electron chi connectivity index (χ1n) is 4.17. The first-order chi connectivity index (χ1) is 6.18. The number of aliphatic hydroxyl groups excluding tert-OH is 1. The third-order valence-electron chi connectivity index (χ3n) is 2.22. The number of pyridine rings is 1. The fourth-order valence-corrected chi connectivity index (χ4v) is 1.76. The maximum atomic E-state index is 12.8. The van der Waals surface area contributed by atoms with Gasteiger partial charge in [0.1, 0.15) is 10.4 Å². The van der Waals surface area contributed by atoms with E-state index >= 15 is 0 Å². The van der Waals surface area contributed by atoms with Gasteiger partial charge in [0.15, 0.2) is 0 Å². The van der Waals surface area contributed by atoms with E-state index in [2.05, 4.69) is 20.9 Å². The number of nitrogens with zero attached hydrogens (tertiary/aromatic N) is 1. The molecule has 0 bridgehead atoms. The molecule has 0 aliphatic heterocycles. The average molecular weight is 246 g/mol. The van der Waals surface area contributed by atoms with Crippen molar-refractivity contribution in [2.75, 3.05) is 0 Å². The molecule has 1 unspecified atom stereocenters. The third-order valence-corrected chi connectivity index (χ3v) is 2.88. The molecule has 1 saturated carbocycles. The van der Waals surface area contributed by atoms with Crippen molar-refractivity contribution in [1.29, 1.82) is 0 Å². The van der Waals surface area contributed by atoms with Crippen LogP contribution in [0.25, 0.3) is 0 Å². The zero-order chi connectivity index (χ0) is 9.42. The van der Waals surface area contributed by atoms with E-state index in [4.69, 9.17) is 0 Å². The Morgan fingerprint density at radius 2 is 2.31 bits per heavy atom. The number of halogens is 2. The molecule has 1 fully saturated rings. The van der Waals surface area contributed by atoms with Gasteiger partial charge in [0.25, 0.3) is 0 Å². The molecule has 1 aromatic heterocycles. The molecule has 2 nitrogen and oxygen atoms in total. The first kappa shape index (κ1) is 9.09. The standard InChI is InChI=1S/C9H9BrFNO/c10-9-7(3-6(11)4-12-9)8(13)5-1-2-5/h3-5,8,13H,1-2H2. The average Bonchev–Trinajstić information content (AvgIpc) is 2.91. The number of hydrogen-bond donors (Lipinski definition) is 1. The zero-order valence-corrected chi connectivity index (χ0v) is 8.46. The van der Waals surface area contributed by atoms with E-state index < -0.39 is 11.9 Å². The summed E-state index contributed by atoms with van der Waals surface area (Å²) < 4.78 is 13.3. The van der Waals surface area contributed by atoms with Gasteiger partial charge in [-0.2, -0.15) is 0 Å². The van der Waals surface area contributed by atoms with Crippen LogP contribution in [0.3, 0.4) is 0 Å². The normalized spacial score (nSPS) is 18.7. The van der Waals surface area contributed by atoms with Crippen molar-refractivity contribution < 1.29 is 9.50 Å². The highest BCUT2D eigenvalue weighted by atomic mass is 79.9. The van der Waals surface area contributed by atoms with Gasteiger partial charge in [0, 0.05) is 5.56 Å². The third kappa shape index (κ3) is 1.89. The second-order valence-electron chi connectivity index (χ2n) is 3.32. The Balaban J connectivity index is 2.31. The molecule has 13 heavy (non-hydrogen) atoms. The van der Waals surface area contributed by atoms with Gasteiger partial charge in [0.2, 0.25) is 0 Å². The first-order valence-corrected chi connectivity index (χ1v) is 4.97. The van der Waals surface area contributed by atoms with E-state index in [9.17, 15) is 9.50 Å². The molecular formula is C9H9BrFNO. The number of aliphatic hydroxyl groups is 1. The molecule has 1 N–H and O–H groups in total. The lowest BCUT2D eigenvalue weighted by molar-refractivity contribution is 0.152. The summed E-state index contributed by atoms with van der Waals surface area (Å²) in [5.41, 5.74) is 0.558. The lowest BCUT2D eigenvalue weighted by atomic mass is 10.1. The van der Waals surface area contributed by atoms with Crippen LogP contribution in [0.4, 0.5) is 4.39 Å². The van der Waals surface area contributed by atoms with Gasteiger partial charge in [-0.05, 0) is 40.8 Å². The predicted octanol–water partition coefficient (Wildman–Crippen LogP) is 2.43. The summed E-state index contributed by atoms with van der Waals surface area (Å²) in [5, 5.41) is 9.73. The second-order valence-corrected chi connectivity index (χ2v) is 4.07. The van der Waals surface area contributed by atoms with Crippen molar-refractivity contribution >= 4 is 15.9 Å². The van der Waals surface area contributed by atoms with E-state index in [-0.39, 0.29) is 0 Å². The van der Waals surface area contributed by atoms with Crippen LogP contribution in [0.2, 0.25) is 0 Å². The van der Waals surface area contributed by atoms with Crippen LogP contribution in [0.15, 0.2) is 16.9 Å². The fraction of sp³-hybridized carbons (Fsp3) is 0.444. The Bertz CT molecular complexity index is 327. The molecule has 0 spiro atoms. The van der Waals surface area contributed by atoms with Gasteiger partial charge in [0.05, 0.1) is 12.3 Å². The van der Waals surface area contributed by atoms with Gasteiger partial charge in [-0.1, -0.05) is 0 Å². The Labute approximate surface area is 83.9 Å². The van der Waals surface area contributed by atoms with Crippen molar-refractivity contribution in [3.05, 3.63) is 28.2 Å². The summed E-state index contributed by atoms with van der Waals surface area (Å²) >= 11 is 3.19. The van der Waals surface area contributed by atoms with Crippen LogP contribution in [-0.4, -0.2) is 10.1 Å². The van der Waals surface area contributed by atoms with Crippen molar-refractivity contribution in [2.45, 2.75) is 18.9 Å². The lowest BCUT2D eigenvalue weighted by Gasteiger charge is -2.10. The minimum absolute atomic E-state index is 0.292. The van der Waals surface area contributed by atoms with Crippen LogP contribution in [0.1, 0.15) is 24.5 Å². The topological polar surface area (TPSA) is 33.1 Å².